The molecular weight excluding hydrogens is 456 g/mol. The van der Waals surface area contributed by atoms with Crippen LogP contribution >= 0.6 is 0 Å². The zero-order valence-corrected chi connectivity index (χ0v) is 20.3. The molecule has 0 spiro atoms. The van der Waals surface area contributed by atoms with Crippen molar-refractivity contribution in [3.05, 3.63) is 84.9 Å². The van der Waals surface area contributed by atoms with E-state index in [1.807, 2.05) is 91.9 Å². The number of fused-ring (bicyclic) bond motifs is 1. The predicted molar refractivity (Wildman–Crippen MR) is 139 cm³/mol. The lowest BCUT2D eigenvalue weighted by Crippen LogP contribution is -2.19. The summed E-state index contributed by atoms with van der Waals surface area (Å²) in [5.41, 5.74) is 2.15. The number of ether oxygens (including phenoxy) is 5. The average molecular weight is 487 g/mol. The minimum absolute atomic E-state index is 0.199. The predicted octanol–water partition coefficient (Wildman–Crippen LogP) is 5.85. The van der Waals surface area contributed by atoms with E-state index in [0.717, 1.165) is 45.8 Å². The van der Waals surface area contributed by atoms with Crippen LogP contribution in [0.5, 0.6) is 23.0 Å². The van der Waals surface area contributed by atoms with E-state index < -0.39 is 6.29 Å². The van der Waals surface area contributed by atoms with E-state index in [1.54, 1.807) is 0 Å². The molecular formula is C30H30O6. The number of hydrogen-bond donors (Lipinski definition) is 1. The van der Waals surface area contributed by atoms with Crippen molar-refractivity contribution >= 4 is 10.8 Å². The van der Waals surface area contributed by atoms with E-state index >= 15 is 0 Å². The van der Waals surface area contributed by atoms with E-state index in [9.17, 15) is 5.11 Å². The standard InChI is InChI=1S/C30H30O6/c1-2-32-23-13-9-21(10-14-23)22-11-15-24(16-12-22)36-30(31)17-18-33-28-7-3-6-27-26(28)5-4-8-29(27)35-20-25-19-34-25/h3-16,25,30-31H,2,17-20H2,1H3. The molecule has 1 N–H and O–H groups in total. The van der Waals surface area contributed by atoms with Crippen molar-refractivity contribution in [1.82, 2.24) is 0 Å². The second kappa shape index (κ2) is 11.3. The summed E-state index contributed by atoms with van der Waals surface area (Å²) in [6.45, 7) is 4.23. The lowest BCUT2D eigenvalue weighted by Gasteiger charge is -2.16. The van der Waals surface area contributed by atoms with Crippen LogP contribution in [0.4, 0.5) is 0 Å². The number of epoxide rings is 1. The quantitative estimate of drug-likeness (QED) is 0.200. The van der Waals surface area contributed by atoms with Crippen LogP contribution in [0.15, 0.2) is 84.9 Å². The highest BCUT2D eigenvalue weighted by Crippen LogP contribution is 2.33. The summed E-state index contributed by atoms with van der Waals surface area (Å²) in [4.78, 5) is 0. The monoisotopic (exact) mass is 486 g/mol. The highest BCUT2D eigenvalue weighted by molar-refractivity contribution is 5.93. The van der Waals surface area contributed by atoms with Gasteiger partial charge in [0.2, 0.25) is 6.29 Å². The summed E-state index contributed by atoms with van der Waals surface area (Å²) in [5.74, 6) is 3.01. The first-order valence-corrected chi connectivity index (χ1v) is 12.3. The van der Waals surface area contributed by atoms with Crippen LogP contribution in [0, 0.1) is 0 Å². The van der Waals surface area contributed by atoms with E-state index in [0.29, 0.717) is 32.0 Å². The van der Waals surface area contributed by atoms with Crippen molar-refractivity contribution in [2.24, 2.45) is 0 Å². The Balaban J connectivity index is 1.14. The lowest BCUT2D eigenvalue weighted by molar-refractivity contribution is -0.0306. The number of aliphatic hydroxyl groups is 1. The van der Waals surface area contributed by atoms with Crippen LogP contribution < -0.4 is 18.9 Å². The van der Waals surface area contributed by atoms with Gasteiger partial charge in [0.25, 0.3) is 0 Å². The van der Waals surface area contributed by atoms with Gasteiger partial charge in [-0.3, -0.25) is 0 Å². The fraction of sp³-hybridized carbons (Fsp3) is 0.267. The Morgan fingerprint density at radius 3 is 1.94 bits per heavy atom. The molecule has 1 saturated heterocycles. The van der Waals surface area contributed by atoms with E-state index in [2.05, 4.69) is 0 Å². The molecule has 0 bridgehead atoms. The molecule has 0 aromatic heterocycles. The number of hydrogen-bond acceptors (Lipinski definition) is 6. The Morgan fingerprint density at radius 1 is 0.778 bits per heavy atom. The van der Waals surface area contributed by atoms with Crippen molar-refractivity contribution in [3.8, 4) is 34.1 Å². The van der Waals surface area contributed by atoms with Gasteiger partial charge in [0.15, 0.2) is 0 Å². The highest BCUT2D eigenvalue weighted by atomic mass is 16.6. The summed E-state index contributed by atoms with van der Waals surface area (Å²) in [5, 5.41) is 12.3. The second-order valence-corrected chi connectivity index (χ2v) is 8.57. The molecule has 5 rings (SSSR count). The molecule has 2 unspecified atom stereocenters. The third-order valence-electron chi connectivity index (χ3n) is 5.92. The zero-order chi connectivity index (χ0) is 24.7. The largest absolute Gasteiger partial charge is 0.494 e. The minimum atomic E-state index is -0.978. The Bertz CT molecular complexity index is 1270. The summed E-state index contributed by atoms with van der Waals surface area (Å²) >= 11 is 0. The molecule has 0 saturated carbocycles. The fourth-order valence-electron chi connectivity index (χ4n) is 3.97. The highest BCUT2D eigenvalue weighted by Gasteiger charge is 2.23. The minimum Gasteiger partial charge on any atom is -0.494 e. The third-order valence-corrected chi connectivity index (χ3v) is 5.92. The van der Waals surface area contributed by atoms with E-state index in [4.69, 9.17) is 23.7 Å². The Labute approximate surface area is 211 Å². The van der Waals surface area contributed by atoms with Crippen LogP contribution in [-0.4, -0.2) is 43.9 Å². The first-order valence-electron chi connectivity index (χ1n) is 12.3. The maximum Gasteiger partial charge on any atom is 0.200 e. The normalized spacial score (nSPS) is 15.3. The molecule has 4 aromatic carbocycles. The molecule has 0 radical (unpaired) electrons. The molecule has 0 aliphatic carbocycles. The van der Waals surface area contributed by atoms with Crippen LogP contribution in [0.1, 0.15) is 13.3 Å². The Kier molecular flexibility index (Phi) is 7.55. The molecule has 0 amide bonds. The van der Waals surface area contributed by atoms with E-state index in [-0.39, 0.29) is 6.10 Å². The third kappa shape index (κ3) is 6.08. The summed E-state index contributed by atoms with van der Waals surface area (Å²) < 4.78 is 28.3. The van der Waals surface area contributed by atoms with Gasteiger partial charge in [0, 0.05) is 17.2 Å². The Hall–Kier alpha value is -3.74. The van der Waals surface area contributed by atoms with Gasteiger partial charge in [-0.05, 0) is 54.4 Å². The maximum atomic E-state index is 10.4. The molecule has 1 aliphatic rings. The summed E-state index contributed by atoms with van der Waals surface area (Å²) in [7, 11) is 0. The molecule has 6 nitrogen and oxygen atoms in total. The number of benzene rings is 4. The van der Waals surface area contributed by atoms with Gasteiger partial charge in [0.05, 0.1) is 19.8 Å². The molecule has 1 fully saturated rings. The van der Waals surface area contributed by atoms with Gasteiger partial charge in [-0.25, -0.2) is 0 Å². The number of rotatable bonds is 12. The SMILES string of the molecule is CCOc1ccc(-c2ccc(OC(O)CCOc3cccc4c(OCC5CO5)cccc34)cc2)cc1. The van der Waals surface area contributed by atoms with E-state index in [1.165, 1.54) is 0 Å². The van der Waals surface area contributed by atoms with Crippen molar-refractivity contribution in [3.63, 3.8) is 0 Å². The zero-order valence-electron chi connectivity index (χ0n) is 20.3. The lowest BCUT2D eigenvalue weighted by atomic mass is 10.1. The van der Waals surface area contributed by atoms with Crippen LogP contribution in [0.2, 0.25) is 0 Å². The first-order chi connectivity index (χ1) is 17.7. The van der Waals surface area contributed by atoms with Gasteiger partial charge in [-0.1, -0.05) is 48.5 Å². The van der Waals surface area contributed by atoms with Gasteiger partial charge in [-0.15, -0.1) is 0 Å². The molecule has 1 aliphatic heterocycles. The van der Waals surface area contributed by atoms with Gasteiger partial charge < -0.3 is 28.8 Å². The van der Waals surface area contributed by atoms with Crippen molar-refractivity contribution in [1.29, 1.82) is 0 Å². The maximum absolute atomic E-state index is 10.4. The first kappa shape index (κ1) is 24.0. The van der Waals surface area contributed by atoms with Gasteiger partial charge in [0.1, 0.15) is 35.7 Å². The van der Waals surface area contributed by atoms with Crippen LogP contribution in [0.25, 0.3) is 21.9 Å². The Morgan fingerprint density at radius 2 is 1.36 bits per heavy atom. The molecule has 1 heterocycles. The molecule has 4 aromatic rings. The molecule has 2 atom stereocenters. The average Bonchev–Trinajstić information content (AvgIpc) is 3.73. The number of aliphatic hydroxyl groups excluding tert-OH is 1. The second-order valence-electron chi connectivity index (χ2n) is 8.57. The van der Waals surface area contributed by atoms with Crippen molar-refractivity contribution < 1.29 is 28.8 Å². The summed E-state index contributed by atoms with van der Waals surface area (Å²) in [6.07, 6.45) is -0.454. The van der Waals surface area contributed by atoms with Crippen molar-refractivity contribution in [2.75, 3.05) is 26.4 Å². The summed E-state index contributed by atoms with van der Waals surface area (Å²) in [6, 6.07) is 27.4. The molecule has 186 valence electrons. The van der Waals surface area contributed by atoms with Gasteiger partial charge in [-0.2, -0.15) is 0 Å². The van der Waals surface area contributed by atoms with Gasteiger partial charge >= 0.3 is 0 Å². The van der Waals surface area contributed by atoms with Crippen molar-refractivity contribution in [2.45, 2.75) is 25.7 Å². The van der Waals surface area contributed by atoms with Crippen LogP contribution in [-0.2, 0) is 4.74 Å². The smallest absolute Gasteiger partial charge is 0.200 e. The molecule has 36 heavy (non-hydrogen) atoms. The molecule has 6 heteroatoms. The fourth-order valence-corrected chi connectivity index (χ4v) is 3.97. The van der Waals surface area contributed by atoms with Crippen LogP contribution in [0.3, 0.4) is 0 Å². The topological polar surface area (TPSA) is 69.7 Å².